The van der Waals surface area contributed by atoms with E-state index in [1.165, 1.54) is 0 Å². The van der Waals surface area contributed by atoms with E-state index in [4.69, 9.17) is 0 Å². The molecule has 2 aromatic heterocycles. The normalized spacial score (nSPS) is 11.0. The zero-order valence-corrected chi connectivity index (χ0v) is 10.9. The van der Waals surface area contributed by atoms with E-state index in [0.29, 0.717) is 11.4 Å². The topological polar surface area (TPSA) is 86.5 Å². The Bertz CT molecular complexity index is 953. The van der Waals surface area contributed by atoms with E-state index in [1.54, 1.807) is 18.5 Å². The molecule has 2 aromatic carbocycles. The fourth-order valence-electron chi connectivity index (χ4n) is 2.32. The van der Waals surface area contributed by atoms with Crippen LogP contribution >= 0.6 is 0 Å². The van der Waals surface area contributed by atoms with Crippen molar-refractivity contribution in [3.63, 3.8) is 0 Å². The smallest absolute Gasteiger partial charge is 0.256 e. The number of hydrogen-bond acceptors (Lipinski definition) is 3. The Kier molecular flexibility index (Phi) is 2.47. The number of fused-ring (bicyclic) bond motifs is 2. The monoisotopic (exact) mass is 277 g/mol. The first kappa shape index (κ1) is 11.7. The second-order valence-corrected chi connectivity index (χ2v) is 4.71. The Morgan fingerprint density at radius 3 is 2.95 bits per heavy atom. The van der Waals surface area contributed by atoms with Crippen LogP contribution in [0.2, 0.25) is 0 Å². The van der Waals surface area contributed by atoms with E-state index in [1.807, 2.05) is 30.3 Å². The van der Waals surface area contributed by atoms with Gasteiger partial charge in [0.05, 0.1) is 22.9 Å². The van der Waals surface area contributed by atoms with E-state index in [-0.39, 0.29) is 5.91 Å². The molecule has 4 aromatic rings. The lowest BCUT2D eigenvalue weighted by Crippen LogP contribution is -2.12. The molecule has 1 amide bonds. The van der Waals surface area contributed by atoms with Gasteiger partial charge in [-0.05, 0) is 30.3 Å². The highest BCUT2D eigenvalue weighted by Gasteiger charge is 2.11. The first-order valence-electron chi connectivity index (χ1n) is 6.49. The van der Waals surface area contributed by atoms with E-state index in [9.17, 15) is 4.79 Å². The second kappa shape index (κ2) is 4.45. The molecule has 0 bridgehead atoms. The summed E-state index contributed by atoms with van der Waals surface area (Å²) in [6, 6.07) is 13.0. The molecular weight excluding hydrogens is 266 g/mol. The Labute approximate surface area is 119 Å². The van der Waals surface area contributed by atoms with Crippen LogP contribution in [0, 0.1) is 0 Å². The number of hydrogen-bond donors (Lipinski definition) is 3. The minimum absolute atomic E-state index is 0.205. The third-order valence-electron chi connectivity index (χ3n) is 3.38. The van der Waals surface area contributed by atoms with Gasteiger partial charge in [-0.1, -0.05) is 12.1 Å². The third-order valence-corrected chi connectivity index (χ3v) is 3.38. The van der Waals surface area contributed by atoms with Crippen molar-refractivity contribution in [2.75, 3.05) is 5.32 Å². The molecule has 0 saturated heterocycles. The number of rotatable bonds is 2. The summed E-state index contributed by atoms with van der Waals surface area (Å²) in [4.78, 5) is 19.4. The Balaban J connectivity index is 1.68. The molecule has 21 heavy (non-hydrogen) atoms. The molecule has 0 radical (unpaired) electrons. The van der Waals surface area contributed by atoms with Crippen LogP contribution in [-0.2, 0) is 0 Å². The fraction of sp³-hybridized carbons (Fsp3) is 0. The molecule has 0 atom stereocenters. The summed E-state index contributed by atoms with van der Waals surface area (Å²) in [5.41, 5.74) is 3.10. The minimum atomic E-state index is -0.205. The number of anilines is 1. The van der Waals surface area contributed by atoms with Gasteiger partial charge < -0.3 is 10.3 Å². The quantitative estimate of drug-likeness (QED) is 0.526. The number of nitrogens with zero attached hydrogens (tertiary/aromatic N) is 2. The number of amides is 1. The molecular formula is C15H11N5O. The predicted octanol–water partition coefficient (Wildman–Crippen LogP) is 2.69. The van der Waals surface area contributed by atoms with Crippen LogP contribution in [0.3, 0.4) is 0 Å². The molecule has 0 aliphatic rings. The molecule has 0 spiro atoms. The summed E-state index contributed by atoms with van der Waals surface area (Å²) in [6.07, 6.45) is 1.60. The molecule has 0 unspecified atom stereocenters. The Morgan fingerprint density at radius 1 is 1.10 bits per heavy atom. The van der Waals surface area contributed by atoms with E-state index in [0.717, 1.165) is 21.9 Å². The number of aromatic nitrogens is 4. The van der Waals surface area contributed by atoms with Crippen molar-refractivity contribution in [2.45, 2.75) is 0 Å². The number of para-hydroxylation sites is 1. The molecule has 0 aliphatic heterocycles. The van der Waals surface area contributed by atoms with Crippen molar-refractivity contribution in [3.8, 4) is 0 Å². The van der Waals surface area contributed by atoms with Gasteiger partial charge >= 0.3 is 0 Å². The van der Waals surface area contributed by atoms with Crippen molar-refractivity contribution < 1.29 is 4.79 Å². The van der Waals surface area contributed by atoms with Crippen LogP contribution < -0.4 is 5.32 Å². The average Bonchev–Trinajstić information content (AvgIpc) is 3.13. The van der Waals surface area contributed by atoms with Crippen molar-refractivity contribution in [1.82, 2.24) is 20.2 Å². The van der Waals surface area contributed by atoms with Gasteiger partial charge in [0, 0.05) is 10.9 Å². The first-order chi connectivity index (χ1) is 10.3. The lowest BCUT2D eigenvalue weighted by atomic mass is 10.2. The van der Waals surface area contributed by atoms with E-state index in [2.05, 4.69) is 25.5 Å². The Hall–Kier alpha value is -3.15. The molecule has 6 heteroatoms. The minimum Gasteiger partial charge on any atom is -0.345 e. The summed E-state index contributed by atoms with van der Waals surface area (Å²) in [6.45, 7) is 0. The Morgan fingerprint density at radius 2 is 2.00 bits per heavy atom. The molecule has 6 nitrogen and oxygen atoms in total. The van der Waals surface area contributed by atoms with Gasteiger partial charge in [0.15, 0.2) is 5.82 Å². The number of benzene rings is 2. The number of carbonyl (C=O) groups is 1. The molecule has 0 fully saturated rings. The summed E-state index contributed by atoms with van der Waals surface area (Å²) >= 11 is 0. The fourth-order valence-corrected chi connectivity index (χ4v) is 2.32. The van der Waals surface area contributed by atoms with Crippen LogP contribution in [0.1, 0.15) is 10.4 Å². The number of aromatic amines is 2. The highest BCUT2D eigenvalue weighted by atomic mass is 16.1. The van der Waals surface area contributed by atoms with E-state index < -0.39 is 0 Å². The first-order valence-corrected chi connectivity index (χ1v) is 6.49. The summed E-state index contributed by atoms with van der Waals surface area (Å²) < 4.78 is 0. The van der Waals surface area contributed by atoms with Gasteiger partial charge in [-0.15, -0.1) is 0 Å². The molecule has 0 aliphatic carbocycles. The molecule has 102 valence electrons. The highest BCUT2D eigenvalue weighted by molar-refractivity contribution is 6.08. The van der Waals surface area contributed by atoms with Gasteiger partial charge in [0.25, 0.3) is 5.91 Å². The maximum Gasteiger partial charge on any atom is 0.256 e. The van der Waals surface area contributed by atoms with Gasteiger partial charge in [0.1, 0.15) is 0 Å². The predicted molar refractivity (Wildman–Crippen MR) is 80.1 cm³/mol. The number of H-pyrrole nitrogens is 2. The van der Waals surface area contributed by atoms with Gasteiger partial charge in [0.2, 0.25) is 0 Å². The summed E-state index contributed by atoms with van der Waals surface area (Å²) in [7, 11) is 0. The second-order valence-electron chi connectivity index (χ2n) is 4.71. The summed E-state index contributed by atoms with van der Waals surface area (Å²) in [5, 5.41) is 10.7. The maximum absolute atomic E-state index is 12.3. The molecule has 2 heterocycles. The lowest BCUT2D eigenvalue weighted by molar-refractivity contribution is 0.102. The van der Waals surface area contributed by atoms with Crippen LogP contribution in [-0.4, -0.2) is 26.1 Å². The number of imidazole rings is 1. The average molecular weight is 277 g/mol. The van der Waals surface area contributed by atoms with Crippen LogP contribution in [0.15, 0.2) is 48.8 Å². The largest absolute Gasteiger partial charge is 0.345 e. The molecule has 3 N–H and O–H groups in total. The molecule has 4 rings (SSSR count). The molecule has 0 saturated carbocycles. The standard InChI is InChI=1S/C15H11N5O/c21-15(9-5-6-12-13(7-9)17-8-16-12)18-14-10-3-1-2-4-11(10)19-20-14/h1-8H,(H,16,17)(H2,18,19,20,21). The van der Waals surface area contributed by atoms with Gasteiger partial charge in [-0.2, -0.15) is 5.10 Å². The zero-order valence-electron chi connectivity index (χ0n) is 10.9. The van der Waals surface area contributed by atoms with Crippen molar-refractivity contribution in [1.29, 1.82) is 0 Å². The summed E-state index contributed by atoms with van der Waals surface area (Å²) in [5.74, 6) is 0.323. The number of nitrogens with one attached hydrogen (secondary N) is 3. The van der Waals surface area contributed by atoms with Crippen molar-refractivity contribution in [2.24, 2.45) is 0 Å². The van der Waals surface area contributed by atoms with Crippen LogP contribution in [0.25, 0.3) is 21.9 Å². The van der Waals surface area contributed by atoms with Gasteiger partial charge in [-0.3, -0.25) is 9.89 Å². The van der Waals surface area contributed by atoms with Crippen molar-refractivity contribution in [3.05, 3.63) is 54.4 Å². The number of carbonyl (C=O) groups excluding carboxylic acids is 1. The zero-order chi connectivity index (χ0) is 14.2. The third kappa shape index (κ3) is 1.93. The lowest BCUT2D eigenvalue weighted by Gasteiger charge is -2.02. The highest BCUT2D eigenvalue weighted by Crippen LogP contribution is 2.20. The maximum atomic E-state index is 12.3. The SMILES string of the molecule is O=C(Nc1n[nH]c2ccccc12)c1ccc2nc[nH]c2c1. The van der Waals surface area contributed by atoms with Crippen LogP contribution in [0.4, 0.5) is 5.82 Å². The van der Waals surface area contributed by atoms with Crippen molar-refractivity contribution >= 4 is 33.7 Å². The van der Waals surface area contributed by atoms with E-state index >= 15 is 0 Å². The van der Waals surface area contributed by atoms with Crippen LogP contribution in [0.5, 0.6) is 0 Å². The van der Waals surface area contributed by atoms with Gasteiger partial charge in [-0.25, -0.2) is 4.98 Å².